The Morgan fingerprint density at radius 1 is 1.00 bits per heavy atom. The molecule has 3 aromatic carbocycles. The maximum Gasteiger partial charge on any atom is 0.264 e. The van der Waals surface area contributed by atoms with E-state index in [1.807, 2.05) is 55.5 Å². The number of carbonyl (C=O) groups excluding carboxylic acids is 1. The lowest BCUT2D eigenvalue weighted by Gasteiger charge is -2.13. The molecule has 0 aromatic heterocycles. The van der Waals surface area contributed by atoms with Crippen LogP contribution in [0.25, 0.3) is 6.08 Å². The molecule has 0 unspecified atom stereocenters. The van der Waals surface area contributed by atoms with Gasteiger partial charge >= 0.3 is 0 Å². The van der Waals surface area contributed by atoms with Crippen molar-refractivity contribution in [3.63, 3.8) is 0 Å². The molecule has 8 heteroatoms. The van der Waals surface area contributed by atoms with Crippen LogP contribution in [-0.2, 0) is 11.4 Å². The summed E-state index contributed by atoms with van der Waals surface area (Å²) in [6.45, 7) is 2.84. The number of hydrogen-bond acceptors (Lipinski definition) is 5. The van der Waals surface area contributed by atoms with E-state index in [0.717, 1.165) is 11.1 Å². The van der Waals surface area contributed by atoms with Crippen LogP contribution in [0.3, 0.4) is 0 Å². The Labute approximate surface area is 206 Å². The lowest BCUT2D eigenvalue weighted by atomic mass is 10.2. The zero-order valence-corrected chi connectivity index (χ0v) is 20.0. The number of hydrogen-bond donors (Lipinski definition) is 1. The number of nitrogens with one attached hydrogen (secondary N) is 1. The van der Waals surface area contributed by atoms with Crippen LogP contribution in [0.1, 0.15) is 18.1 Å². The Balaban J connectivity index is 1.53. The van der Waals surface area contributed by atoms with Gasteiger partial charge in [-0.15, -0.1) is 0 Å². The first-order valence-corrected chi connectivity index (χ1v) is 11.8. The van der Waals surface area contributed by atoms with Gasteiger partial charge in [-0.2, -0.15) is 0 Å². The van der Waals surface area contributed by atoms with Crippen LogP contribution < -0.4 is 14.8 Å². The zero-order chi connectivity index (χ0) is 23.2. The third-order valence-electron chi connectivity index (χ3n) is 4.61. The van der Waals surface area contributed by atoms with Crippen molar-refractivity contribution in [1.82, 2.24) is 5.32 Å². The monoisotopic (exact) mass is 498 g/mol. The maximum absolute atomic E-state index is 12.5. The van der Waals surface area contributed by atoms with E-state index in [-0.39, 0.29) is 5.91 Å². The molecule has 1 aliphatic heterocycles. The quantitative estimate of drug-likeness (QED) is 0.361. The zero-order valence-electron chi connectivity index (χ0n) is 17.7. The third-order valence-corrected chi connectivity index (χ3v) is 6.33. The molecule has 0 aliphatic carbocycles. The van der Waals surface area contributed by atoms with Crippen LogP contribution in [-0.4, -0.2) is 17.7 Å². The number of thioether (sulfide) groups is 1. The van der Waals surface area contributed by atoms with Gasteiger partial charge in [0.25, 0.3) is 5.91 Å². The number of aliphatic imine (C=N–C) groups is 1. The SMILES string of the molecule is CCOc1cc(/C=C2\SC(=Nc3cccc(Cl)c3Cl)NC2=O)ccc1OCc1ccccc1. The second-order valence-corrected chi connectivity index (χ2v) is 8.78. The molecule has 0 radical (unpaired) electrons. The lowest BCUT2D eigenvalue weighted by molar-refractivity contribution is -0.115. The second-order valence-electron chi connectivity index (χ2n) is 6.97. The number of rotatable bonds is 7. The first kappa shape index (κ1) is 23.2. The van der Waals surface area contributed by atoms with E-state index in [1.165, 1.54) is 11.8 Å². The molecular weight excluding hydrogens is 479 g/mol. The van der Waals surface area contributed by atoms with Crippen molar-refractivity contribution in [3.05, 3.63) is 92.8 Å². The Bertz CT molecular complexity index is 1230. The van der Waals surface area contributed by atoms with Gasteiger partial charge in [-0.1, -0.05) is 65.7 Å². The summed E-state index contributed by atoms with van der Waals surface area (Å²) in [5.41, 5.74) is 2.37. The average molecular weight is 499 g/mol. The van der Waals surface area contributed by atoms with Gasteiger partial charge in [-0.25, -0.2) is 4.99 Å². The van der Waals surface area contributed by atoms with Crippen molar-refractivity contribution < 1.29 is 14.3 Å². The molecule has 0 saturated carbocycles. The first-order valence-electron chi connectivity index (χ1n) is 10.2. The van der Waals surface area contributed by atoms with E-state index in [2.05, 4.69) is 10.3 Å². The van der Waals surface area contributed by atoms with Crippen molar-refractivity contribution >= 4 is 57.8 Å². The summed E-state index contributed by atoms with van der Waals surface area (Å²) in [6.07, 6.45) is 1.78. The number of benzene rings is 3. The largest absolute Gasteiger partial charge is 0.490 e. The fraction of sp³-hybridized carbons (Fsp3) is 0.120. The molecular formula is C25H20Cl2N2O3S. The minimum Gasteiger partial charge on any atom is -0.490 e. The van der Waals surface area contributed by atoms with Crippen LogP contribution in [0.5, 0.6) is 11.5 Å². The smallest absolute Gasteiger partial charge is 0.264 e. The highest BCUT2D eigenvalue weighted by Crippen LogP contribution is 2.35. The maximum atomic E-state index is 12.5. The number of halogens is 2. The van der Waals surface area contributed by atoms with E-state index in [9.17, 15) is 4.79 Å². The number of amides is 1. The van der Waals surface area contributed by atoms with Crippen molar-refractivity contribution in [2.75, 3.05) is 6.61 Å². The summed E-state index contributed by atoms with van der Waals surface area (Å²) >= 11 is 13.5. The van der Waals surface area contributed by atoms with E-state index in [0.29, 0.717) is 50.5 Å². The van der Waals surface area contributed by atoms with Gasteiger partial charge in [0.15, 0.2) is 16.7 Å². The number of amidine groups is 1. The minimum atomic E-state index is -0.237. The highest BCUT2D eigenvalue weighted by atomic mass is 35.5. The average Bonchev–Trinajstić information content (AvgIpc) is 3.16. The van der Waals surface area contributed by atoms with Crippen LogP contribution in [0, 0.1) is 0 Å². The summed E-state index contributed by atoms with van der Waals surface area (Å²) in [5, 5.41) is 3.93. The molecule has 4 rings (SSSR count). The molecule has 0 bridgehead atoms. The van der Waals surface area contributed by atoms with Gasteiger partial charge in [0.1, 0.15) is 6.61 Å². The Hall–Kier alpha value is -2.93. The fourth-order valence-electron chi connectivity index (χ4n) is 3.06. The van der Waals surface area contributed by atoms with Crippen LogP contribution in [0.2, 0.25) is 10.0 Å². The van der Waals surface area contributed by atoms with Gasteiger partial charge in [0, 0.05) is 0 Å². The van der Waals surface area contributed by atoms with Crippen LogP contribution >= 0.6 is 35.0 Å². The predicted molar refractivity (Wildman–Crippen MR) is 136 cm³/mol. The van der Waals surface area contributed by atoms with E-state index in [1.54, 1.807) is 24.3 Å². The Kier molecular flexibility index (Phi) is 7.60. The standard InChI is InChI=1S/C25H20Cl2N2O3S/c1-2-31-21-13-17(11-12-20(21)32-15-16-7-4-3-5-8-16)14-22-24(30)29-25(33-22)28-19-10-6-9-18(26)23(19)27/h3-14H,2,15H2,1H3,(H,28,29,30)/b22-14-. The molecule has 1 amide bonds. The molecule has 168 valence electrons. The van der Waals surface area contributed by atoms with Gasteiger partial charge in [-0.05, 0) is 60.2 Å². The summed E-state index contributed by atoms with van der Waals surface area (Å²) in [5.74, 6) is 1.02. The normalized spacial score (nSPS) is 15.7. The highest BCUT2D eigenvalue weighted by molar-refractivity contribution is 8.18. The fourth-order valence-corrected chi connectivity index (χ4v) is 4.23. The molecule has 1 fully saturated rings. The van der Waals surface area contributed by atoms with E-state index >= 15 is 0 Å². The summed E-state index contributed by atoms with van der Waals surface area (Å²) in [6, 6.07) is 20.7. The number of nitrogens with zero attached hydrogens (tertiary/aromatic N) is 1. The third kappa shape index (κ3) is 5.90. The first-order chi connectivity index (χ1) is 16.0. The molecule has 33 heavy (non-hydrogen) atoms. The molecule has 0 spiro atoms. The predicted octanol–water partition coefficient (Wildman–Crippen LogP) is 6.86. The molecule has 0 atom stereocenters. The van der Waals surface area contributed by atoms with Crippen molar-refractivity contribution in [3.8, 4) is 11.5 Å². The second kappa shape index (κ2) is 10.8. The van der Waals surface area contributed by atoms with E-state index < -0.39 is 0 Å². The summed E-state index contributed by atoms with van der Waals surface area (Å²) < 4.78 is 11.7. The van der Waals surface area contributed by atoms with Crippen molar-refractivity contribution in [2.24, 2.45) is 4.99 Å². The number of ether oxygens (including phenoxy) is 2. The van der Waals surface area contributed by atoms with Crippen molar-refractivity contribution in [2.45, 2.75) is 13.5 Å². The molecule has 1 saturated heterocycles. The van der Waals surface area contributed by atoms with Crippen molar-refractivity contribution in [1.29, 1.82) is 0 Å². The summed E-state index contributed by atoms with van der Waals surface area (Å²) in [4.78, 5) is 17.4. The van der Waals surface area contributed by atoms with Gasteiger partial charge in [0.2, 0.25) is 0 Å². The summed E-state index contributed by atoms with van der Waals surface area (Å²) in [7, 11) is 0. The van der Waals surface area contributed by atoms with Crippen LogP contribution in [0.4, 0.5) is 5.69 Å². The topological polar surface area (TPSA) is 59.9 Å². The molecule has 1 N–H and O–H groups in total. The van der Waals surface area contributed by atoms with Gasteiger partial charge < -0.3 is 14.8 Å². The van der Waals surface area contributed by atoms with Gasteiger partial charge in [0.05, 0.1) is 27.2 Å². The lowest BCUT2D eigenvalue weighted by Crippen LogP contribution is -2.19. The number of carbonyl (C=O) groups is 1. The van der Waals surface area contributed by atoms with Crippen LogP contribution in [0.15, 0.2) is 76.6 Å². The van der Waals surface area contributed by atoms with Gasteiger partial charge in [-0.3, -0.25) is 4.79 Å². The minimum absolute atomic E-state index is 0.237. The molecule has 3 aromatic rings. The van der Waals surface area contributed by atoms with E-state index in [4.69, 9.17) is 32.7 Å². The Morgan fingerprint density at radius 2 is 1.82 bits per heavy atom. The highest BCUT2D eigenvalue weighted by Gasteiger charge is 2.24. The molecule has 5 nitrogen and oxygen atoms in total. The molecule has 1 heterocycles. The molecule has 1 aliphatic rings. The Morgan fingerprint density at radius 3 is 2.61 bits per heavy atom.